The van der Waals surface area contributed by atoms with Crippen molar-refractivity contribution in [3.8, 4) is 22.5 Å². The van der Waals surface area contributed by atoms with Crippen LogP contribution >= 0.6 is 0 Å². The van der Waals surface area contributed by atoms with Crippen molar-refractivity contribution >= 4 is 60.7 Å². The van der Waals surface area contributed by atoms with Crippen molar-refractivity contribution in [2.24, 2.45) is 4.99 Å². The van der Waals surface area contributed by atoms with Crippen molar-refractivity contribution in [1.82, 2.24) is 15.3 Å². The molecule has 230 valence electrons. The first kappa shape index (κ1) is 27.6. The second kappa shape index (κ2) is 11.1. The third-order valence-corrected chi connectivity index (χ3v) is 10.5. The first-order valence-electron chi connectivity index (χ1n) is 17.2. The van der Waals surface area contributed by atoms with Crippen LogP contribution < -0.4 is 5.32 Å². The molecular formula is C44H34N4. The molecule has 3 heterocycles. The first-order valence-corrected chi connectivity index (χ1v) is 17.2. The summed E-state index contributed by atoms with van der Waals surface area (Å²) in [4.78, 5) is 15.5. The van der Waals surface area contributed by atoms with Gasteiger partial charge in [-0.2, -0.15) is 0 Å². The fourth-order valence-electron chi connectivity index (χ4n) is 8.15. The summed E-state index contributed by atoms with van der Waals surface area (Å²) in [6.07, 6.45) is 16.2. The van der Waals surface area contributed by atoms with Gasteiger partial charge in [-0.1, -0.05) is 91.0 Å². The fourth-order valence-corrected chi connectivity index (χ4v) is 8.15. The Morgan fingerprint density at radius 3 is 2.21 bits per heavy atom. The monoisotopic (exact) mass is 618 g/mol. The molecule has 0 saturated carbocycles. The van der Waals surface area contributed by atoms with Gasteiger partial charge in [0.05, 0.1) is 11.0 Å². The van der Waals surface area contributed by atoms with E-state index in [4.69, 9.17) is 15.0 Å². The lowest BCUT2D eigenvalue weighted by Crippen LogP contribution is -2.21. The molecule has 1 N–H and O–H groups in total. The van der Waals surface area contributed by atoms with Crippen LogP contribution in [0.3, 0.4) is 0 Å². The highest BCUT2D eigenvalue weighted by Crippen LogP contribution is 2.44. The molecule has 1 aromatic heterocycles. The Bertz CT molecular complexity index is 2550. The third kappa shape index (κ3) is 4.36. The number of allylic oxidation sites excluding steroid dienone is 2. The first-order chi connectivity index (χ1) is 23.8. The Labute approximate surface area is 279 Å². The molecule has 4 nitrogen and oxygen atoms in total. The zero-order valence-corrected chi connectivity index (χ0v) is 26.8. The zero-order valence-electron chi connectivity index (χ0n) is 26.8. The van der Waals surface area contributed by atoms with Gasteiger partial charge in [0.2, 0.25) is 0 Å². The normalized spacial score (nSPS) is 16.2. The van der Waals surface area contributed by atoms with Crippen LogP contribution in [0.25, 0.3) is 77.5 Å². The highest BCUT2D eigenvalue weighted by Gasteiger charge is 2.23. The summed E-state index contributed by atoms with van der Waals surface area (Å²) in [7, 11) is 0. The van der Waals surface area contributed by atoms with Gasteiger partial charge < -0.3 is 5.32 Å². The van der Waals surface area contributed by atoms with Crippen molar-refractivity contribution in [2.45, 2.75) is 32.1 Å². The van der Waals surface area contributed by atoms with Gasteiger partial charge in [0.25, 0.3) is 0 Å². The van der Waals surface area contributed by atoms with Crippen LogP contribution in [0.15, 0.2) is 114 Å². The summed E-state index contributed by atoms with van der Waals surface area (Å²) in [6, 6.07) is 31.3. The predicted octanol–water partition coefficient (Wildman–Crippen LogP) is 10.3. The Balaban J connectivity index is 1.15. The maximum absolute atomic E-state index is 5.37. The number of hydrogen-bond donors (Lipinski definition) is 1. The Morgan fingerprint density at radius 1 is 0.583 bits per heavy atom. The topological polar surface area (TPSA) is 50.2 Å². The Kier molecular flexibility index (Phi) is 6.38. The lowest BCUT2D eigenvalue weighted by atomic mass is 9.85. The largest absolute Gasteiger partial charge is 0.312 e. The molecule has 3 aliphatic rings. The summed E-state index contributed by atoms with van der Waals surface area (Å²) >= 11 is 0. The molecule has 4 heteroatoms. The Morgan fingerprint density at radius 2 is 1.35 bits per heavy atom. The number of aliphatic imine (C=N–C) groups is 1. The molecule has 48 heavy (non-hydrogen) atoms. The van der Waals surface area contributed by atoms with Gasteiger partial charge in [0.1, 0.15) is 0 Å². The molecule has 0 amide bonds. The van der Waals surface area contributed by atoms with E-state index in [1.807, 2.05) is 6.20 Å². The van der Waals surface area contributed by atoms with Crippen molar-refractivity contribution in [1.29, 1.82) is 0 Å². The standard InChI is InChI=1S/C44H34N4/c1-3-12-37-33(10-1)35-14-7-15-36-34-11-2-4-13-38(34)43-41(40(35)36)42(37)47-44(48-43)28-19-17-27(18-20-28)30-23-31(29-9-8-21-45-26-29)25-32(24-30)39-16-5-6-22-46-39/h1,3-4,6-7,9-10,12-15,17-20,22-25,45H,2,5,8,11,16,21,26H2. The van der Waals surface area contributed by atoms with Crippen LogP contribution in [-0.2, 0) is 6.42 Å². The van der Waals surface area contributed by atoms with E-state index in [9.17, 15) is 0 Å². The van der Waals surface area contributed by atoms with E-state index in [0.29, 0.717) is 0 Å². The maximum atomic E-state index is 5.37. The molecule has 0 unspecified atom stereocenters. The van der Waals surface area contributed by atoms with Gasteiger partial charge >= 0.3 is 0 Å². The number of nitrogens with zero attached hydrogens (tertiary/aromatic N) is 3. The number of benzene rings is 6. The minimum atomic E-state index is 0.773. The van der Waals surface area contributed by atoms with E-state index in [-0.39, 0.29) is 0 Å². The van der Waals surface area contributed by atoms with Crippen molar-refractivity contribution < 1.29 is 0 Å². The predicted molar refractivity (Wildman–Crippen MR) is 202 cm³/mol. The molecule has 0 spiro atoms. The number of aromatic nitrogens is 2. The summed E-state index contributed by atoms with van der Waals surface area (Å²) in [5.41, 5.74) is 13.2. The van der Waals surface area contributed by atoms with Gasteiger partial charge in [0.15, 0.2) is 5.82 Å². The number of nitrogens with one attached hydrogen (secondary N) is 1. The fraction of sp³-hybridized carbons (Fsp3) is 0.159. The molecule has 0 saturated heterocycles. The number of hydrogen-bond acceptors (Lipinski definition) is 4. The van der Waals surface area contributed by atoms with Gasteiger partial charge in [-0.25, -0.2) is 9.97 Å². The van der Waals surface area contributed by atoms with E-state index in [0.717, 1.165) is 73.3 Å². The maximum Gasteiger partial charge on any atom is 0.160 e. The molecule has 2 aliphatic heterocycles. The van der Waals surface area contributed by atoms with E-state index < -0.39 is 0 Å². The Hall–Kier alpha value is -5.45. The smallest absolute Gasteiger partial charge is 0.160 e. The lowest BCUT2D eigenvalue weighted by molar-refractivity contribution is 0.739. The lowest BCUT2D eigenvalue weighted by Gasteiger charge is -2.21. The minimum Gasteiger partial charge on any atom is -0.312 e. The number of rotatable bonds is 4. The van der Waals surface area contributed by atoms with Crippen molar-refractivity contribution in [3.63, 3.8) is 0 Å². The summed E-state index contributed by atoms with van der Waals surface area (Å²) < 4.78 is 0. The average Bonchev–Trinajstić information content (AvgIpc) is 3.18. The number of aryl methyl sites for hydroxylation is 1. The molecule has 0 fully saturated rings. The van der Waals surface area contributed by atoms with Crippen LogP contribution in [0.4, 0.5) is 0 Å². The average molecular weight is 619 g/mol. The molecule has 7 aromatic rings. The molecular weight excluding hydrogens is 585 g/mol. The van der Waals surface area contributed by atoms with Crippen LogP contribution in [0, 0.1) is 0 Å². The van der Waals surface area contributed by atoms with Crippen molar-refractivity contribution in [3.05, 3.63) is 132 Å². The number of fused-ring (bicyclic) bond motifs is 6. The van der Waals surface area contributed by atoms with E-state index in [2.05, 4.69) is 115 Å². The summed E-state index contributed by atoms with van der Waals surface area (Å²) in [5, 5.41) is 11.1. The highest BCUT2D eigenvalue weighted by molar-refractivity contribution is 6.34. The molecule has 0 atom stereocenters. The van der Waals surface area contributed by atoms with Crippen LogP contribution in [0.5, 0.6) is 0 Å². The SMILES string of the molecule is C1=CN=C(c2cc(C3=CCCNC3)cc(-c3ccc(-c4nc5c6c(c7cccc8c9ccccc9c(n4)c5c78)CCC=C6)cc3)c2)CC1. The van der Waals surface area contributed by atoms with Crippen LogP contribution in [-0.4, -0.2) is 28.8 Å². The summed E-state index contributed by atoms with van der Waals surface area (Å²) in [5.74, 6) is 0.773. The summed E-state index contributed by atoms with van der Waals surface area (Å²) in [6.45, 7) is 1.93. The van der Waals surface area contributed by atoms with E-state index >= 15 is 0 Å². The molecule has 10 rings (SSSR count). The van der Waals surface area contributed by atoms with Crippen LogP contribution in [0.2, 0.25) is 0 Å². The second-order valence-electron chi connectivity index (χ2n) is 13.3. The molecule has 6 aromatic carbocycles. The third-order valence-electron chi connectivity index (χ3n) is 10.5. The van der Waals surface area contributed by atoms with Gasteiger partial charge in [-0.3, -0.25) is 4.99 Å². The minimum absolute atomic E-state index is 0.773. The van der Waals surface area contributed by atoms with Crippen molar-refractivity contribution in [2.75, 3.05) is 13.1 Å². The van der Waals surface area contributed by atoms with Gasteiger partial charge in [0, 0.05) is 45.7 Å². The zero-order chi connectivity index (χ0) is 31.6. The molecule has 1 aliphatic carbocycles. The molecule has 0 radical (unpaired) electrons. The second-order valence-corrected chi connectivity index (χ2v) is 13.3. The van der Waals surface area contributed by atoms with Gasteiger partial charge in [-0.05, 0) is 106 Å². The van der Waals surface area contributed by atoms with E-state index in [1.165, 1.54) is 71.3 Å². The van der Waals surface area contributed by atoms with Gasteiger partial charge in [-0.15, -0.1) is 0 Å². The quantitative estimate of drug-likeness (QED) is 0.158. The van der Waals surface area contributed by atoms with Crippen LogP contribution in [0.1, 0.15) is 47.9 Å². The molecule has 0 bridgehead atoms. The van der Waals surface area contributed by atoms with E-state index in [1.54, 1.807) is 0 Å². The highest BCUT2D eigenvalue weighted by atomic mass is 14.9.